The van der Waals surface area contributed by atoms with Crippen molar-refractivity contribution in [2.75, 3.05) is 0 Å². The fraction of sp³-hybridized carbons (Fsp3) is 0.588. The number of allylic oxidation sites excluding steroid dienone is 2. The van der Waals surface area contributed by atoms with Crippen molar-refractivity contribution in [1.29, 1.82) is 0 Å². The maximum Gasteiger partial charge on any atom is 0.157 e. The van der Waals surface area contributed by atoms with Gasteiger partial charge in [-0.25, -0.2) is 4.68 Å². The minimum absolute atomic E-state index is 0.0113. The number of ether oxygens (including phenoxy) is 1. The van der Waals surface area contributed by atoms with Crippen LogP contribution in [0.1, 0.15) is 83.4 Å². The number of aromatic nitrogens is 3. The maximum absolute atomic E-state index is 13.7. The molecule has 1 aromatic heterocycles. The second-order valence-corrected chi connectivity index (χ2v) is 13.5. The zero-order chi connectivity index (χ0) is 28.8. The van der Waals surface area contributed by atoms with E-state index in [1.165, 1.54) is 18.9 Å². The number of carbonyl (C=O) groups is 2. The van der Waals surface area contributed by atoms with Gasteiger partial charge < -0.3 is 9.84 Å². The first-order valence-corrected chi connectivity index (χ1v) is 15.4. The molecule has 0 aliphatic heterocycles. The van der Waals surface area contributed by atoms with E-state index in [1.807, 2.05) is 30.5 Å². The summed E-state index contributed by atoms with van der Waals surface area (Å²) < 4.78 is 7.54. The molecule has 3 fully saturated rings. The molecule has 7 heteroatoms. The van der Waals surface area contributed by atoms with Crippen LogP contribution in [0, 0.1) is 34.5 Å². The summed E-state index contributed by atoms with van der Waals surface area (Å²) in [7, 11) is 0. The lowest BCUT2D eigenvalue weighted by Gasteiger charge is -2.57. The molecular formula is C34H43N3O4. The molecule has 4 aliphatic rings. The maximum atomic E-state index is 13.7. The Labute approximate surface area is 243 Å². The molecule has 0 saturated heterocycles. The molecule has 1 aromatic carbocycles. The van der Waals surface area contributed by atoms with Gasteiger partial charge in [-0.1, -0.05) is 48.9 Å². The van der Waals surface area contributed by atoms with E-state index in [0.717, 1.165) is 50.5 Å². The number of carbonyl (C=O) groups excluding carboxylic acids is 2. The molecular weight excluding hydrogens is 514 g/mol. The Morgan fingerprint density at radius 1 is 1.10 bits per heavy atom. The molecule has 0 amide bonds. The van der Waals surface area contributed by atoms with Crippen LogP contribution in [0.4, 0.5) is 0 Å². The van der Waals surface area contributed by atoms with E-state index < -0.39 is 0 Å². The lowest BCUT2D eigenvalue weighted by atomic mass is 9.47. The highest BCUT2D eigenvalue weighted by Gasteiger charge is 2.59. The van der Waals surface area contributed by atoms with Crippen molar-refractivity contribution >= 4 is 17.6 Å². The number of aliphatic hydroxyl groups is 1. The molecule has 7 atom stereocenters. The standard InChI is InChI=1S/C34H43N3O4/c1-22(38)4-5-23-6-9-27(10-7-23)41-21-25-19-37(36-35-25)20-32(40)31-13-12-29-28-11-8-24-18-26(39)14-16-33(24,2)30(28)15-17-34(29,31)3/h4-10,19,26,28-31,39H,11-18,20-21H2,1-3H3/b5-4+/t26-,28-,29-,30-,31+,33-,34-/m0/s1. The van der Waals surface area contributed by atoms with Crippen molar-refractivity contribution in [1.82, 2.24) is 15.0 Å². The number of hydrogen-bond acceptors (Lipinski definition) is 6. The second kappa shape index (κ2) is 11.0. The normalized spacial score (nSPS) is 34.4. The van der Waals surface area contributed by atoms with Crippen LogP contribution in [0.2, 0.25) is 0 Å². The van der Waals surface area contributed by atoms with Crippen molar-refractivity contribution < 1.29 is 19.4 Å². The van der Waals surface area contributed by atoms with Gasteiger partial charge in [-0.05, 0) is 111 Å². The second-order valence-electron chi connectivity index (χ2n) is 13.5. The van der Waals surface area contributed by atoms with Gasteiger partial charge in [-0.2, -0.15) is 0 Å². The number of Topliss-reactive ketones (excluding diaryl/α,β-unsaturated/α-hetero) is 1. The van der Waals surface area contributed by atoms with Crippen LogP contribution in [0.5, 0.6) is 5.75 Å². The molecule has 3 saturated carbocycles. The Kier molecular flexibility index (Phi) is 7.52. The summed E-state index contributed by atoms with van der Waals surface area (Å²) in [6.07, 6.45) is 15.8. The molecule has 6 rings (SSSR count). The topological polar surface area (TPSA) is 94.3 Å². The summed E-state index contributed by atoms with van der Waals surface area (Å²) >= 11 is 0. The highest BCUT2D eigenvalue weighted by Crippen LogP contribution is 2.66. The van der Waals surface area contributed by atoms with Crippen LogP contribution in [0.25, 0.3) is 6.08 Å². The average molecular weight is 558 g/mol. The summed E-state index contributed by atoms with van der Waals surface area (Å²) in [4.78, 5) is 24.8. The third-order valence-electron chi connectivity index (χ3n) is 11.1. The number of aliphatic hydroxyl groups excluding tert-OH is 1. The lowest BCUT2D eigenvalue weighted by molar-refractivity contribution is -0.130. The van der Waals surface area contributed by atoms with E-state index in [4.69, 9.17) is 4.74 Å². The minimum atomic E-state index is -0.175. The number of rotatable bonds is 8. The van der Waals surface area contributed by atoms with E-state index in [1.54, 1.807) is 16.8 Å². The van der Waals surface area contributed by atoms with Gasteiger partial charge in [-0.3, -0.25) is 9.59 Å². The lowest BCUT2D eigenvalue weighted by Crippen LogP contribution is -2.51. The van der Waals surface area contributed by atoms with Crippen molar-refractivity contribution in [3.8, 4) is 5.75 Å². The minimum Gasteiger partial charge on any atom is -0.487 e. The smallest absolute Gasteiger partial charge is 0.157 e. The van der Waals surface area contributed by atoms with E-state index >= 15 is 0 Å². The third kappa shape index (κ3) is 5.33. The molecule has 4 aliphatic carbocycles. The summed E-state index contributed by atoms with van der Waals surface area (Å²) in [5.41, 5.74) is 3.38. The van der Waals surface area contributed by atoms with Gasteiger partial charge in [0, 0.05) is 5.92 Å². The van der Waals surface area contributed by atoms with Gasteiger partial charge in [0.2, 0.25) is 0 Å². The molecule has 7 nitrogen and oxygen atoms in total. The van der Waals surface area contributed by atoms with Gasteiger partial charge in [0.25, 0.3) is 0 Å². The number of nitrogens with zero attached hydrogens (tertiary/aromatic N) is 3. The number of ketones is 2. The largest absolute Gasteiger partial charge is 0.487 e. The first-order chi connectivity index (χ1) is 19.7. The molecule has 1 N–H and O–H groups in total. The summed E-state index contributed by atoms with van der Waals surface area (Å²) in [6, 6.07) is 7.52. The molecule has 0 bridgehead atoms. The summed E-state index contributed by atoms with van der Waals surface area (Å²) in [5, 5.41) is 18.8. The quantitative estimate of drug-likeness (QED) is 0.318. The Morgan fingerprint density at radius 3 is 2.68 bits per heavy atom. The fourth-order valence-electron chi connectivity index (χ4n) is 8.97. The van der Waals surface area contributed by atoms with Crippen LogP contribution in [-0.4, -0.2) is 37.8 Å². The Morgan fingerprint density at radius 2 is 1.90 bits per heavy atom. The van der Waals surface area contributed by atoms with Crippen molar-refractivity contribution in [3.63, 3.8) is 0 Å². The SMILES string of the molecule is CC(=O)/C=C/c1ccc(OCc2cn(CC(=O)[C@H]3CC[C@H]4[C@@H]5CC=C6C[C@@H](O)CC[C@]6(C)[C@H]5CC[C@]34C)nn2)cc1. The third-order valence-corrected chi connectivity index (χ3v) is 11.1. The predicted octanol–water partition coefficient (Wildman–Crippen LogP) is 5.97. The first-order valence-electron chi connectivity index (χ1n) is 15.4. The number of fused-ring (bicyclic) bond motifs is 5. The van der Waals surface area contributed by atoms with Gasteiger partial charge >= 0.3 is 0 Å². The molecule has 218 valence electrons. The summed E-state index contributed by atoms with van der Waals surface area (Å²) in [5.74, 6) is 2.97. The van der Waals surface area contributed by atoms with E-state index in [0.29, 0.717) is 29.2 Å². The Hall–Kier alpha value is -3.06. The molecule has 41 heavy (non-hydrogen) atoms. The van der Waals surface area contributed by atoms with Gasteiger partial charge in [0.1, 0.15) is 24.6 Å². The van der Waals surface area contributed by atoms with Gasteiger partial charge in [-0.15, -0.1) is 5.10 Å². The Balaban J connectivity index is 1.06. The number of benzene rings is 1. The van der Waals surface area contributed by atoms with Crippen LogP contribution < -0.4 is 4.74 Å². The highest BCUT2D eigenvalue weighted by molar-refractivity contribution is 5.91. The van der Waals surface area contributed by atoms with Crippen LogP contribution >= 0.6 is 0 Å². The van der Waals surface area contributed by atoms with Crippen molar-refractivity contribution in [3.05, 3.63) is 59.4 Å². The predicted molar refractivity (Wildman–Crippen MR) is 157 cm³/mol. The van der Waals surface area contributed by atoms with Crippen LogP contribution in [0.3, 0.4) is 0 Å². The first kappa shape index (κ1) is 28.1. The zero-order valence-electron chi connectivity index (χ0n) is 24.6. The highest BCUT2D eigenvalue weighted by atomic mass is 16.5. The van der Waals surface area contributed by atoms with E-state index in [-0.39, 0.29) is 47.6 Å². The van der Waals surface area contributed by atoms with E-state index in [9.17, 15) is 14.7 Å². The van der Waals surface area contributed by atoms with Crippen molar-refractivity contribution in [2.24, 2.45) is 34.5 Å². The van der Waals surface area contributed by atoms with Crippen LogP contribution in [0.15, 0.2) is 48.2 Å². The van der Waals surface area contributed by atoms with Gasteiger partial charge in [0.15, 0.2) is 11.6 Å². The zero-order valence-corrected chi connectivity index (χ0v) is 24.6. The molecule has 2 aromatic rings. The van der Waals surface area contributed by atoms with Crippen molar-refractivity contribution in [2.45, 2.75) is 91.4 Å². The van der Waals surface area contributed by atoms with E-state index in [2.05, 4.69) is 30.2 Å². The molecule has 1 heterocycles. The Bertz CT molecular complexity index is 1360. The fourth-order valence-corrected chi connectivity index (χ4v) is 8.97. The molecule has 0 unspecified atom stereocenters. The molecule has 0 spiro atoms. The monoisotopic (exact) mass is 557 g/mol. The summed E-state index contributed by atoms with van der Waals surface area (Å²) in [6.45, 7) is 6.89. The number of hydrogen-bond donors (Lipinski definition) is 1. The van der Waals surface area contributed by atoms with Gasteiger partial charge in [0.05, 0.1) is 12.3 Å². The van der Waals surface area contributed by atoms with Crippen LogP contribution in [-0.2, 0) is 22.7 Å². The molecule has 0 radical (unpaired) electrons. The average Bonchev–Trinajstić information content (AvgIpc) is 3.55.